The van der Waals surface area contributed by atoms with Crippen molar-refractivity contribution in [2.75, 3.05) is 13.7 Å². The van der Waals surface area contributed by atoms with E-state index in [1.165, 1.54) is 13.0 Å². The predicted molar refractivity (Wildman–Crippen MR) is 305 cm³/mol. The van der Waals surface area contributed by atoms with E-state index in [0.29, 0.717) is 0 Å². The van der Waals surface area contributed by atoms with Gasteiger partial charge < -0.3 is 84.8 Å². The fraction of sp³-hybridized carbons (Fsp3) is 0.540. The number of nitrogens with one attached hydrogen (secondary N) is 1. The summed E-state index contributed by atoms with van der Waals surface area (Å²) in [5.74, 6) is -6.45. The van der Waals surface area contributed by atoms with Gasteiger partial charge in [0, 0.05) is 43.4 Å². The lowest BCUT2D eigenvalue weighted by Gasteiger charge is -2.45. The number of amides is 1. The van der Waals surface area contributed by atoms with Crippen LogP contribution in [0.2, 0.25) is 0 Å². The van der Waals surface area contributed by atoms with E-state index >= 15 is 0 Å². The van der Waals surface area contributed by atoms with Gasteiger partial charge >= 0.3 is 18.0 Å². The highest BCUT2D eigenvalue weighted by molar-refractivity contribution is 5.79. The molecule has 1 amide bonds. The largest absolute Gasteiger partial charge is 0.469 e. The van der Waals surface area contributed by atoms with Crippen molar-refractivity contribution in [1.82, 2.24) is 5.32 Å². The van der Waals surface area contributed by atoms with Gasteiger partial charge in [-0.1, -0.05) is 147 Å². The topological polar surface area (TPSA) is 321 Å². The van der Waals surface area contributed by atoms with Crippen molar-refractivity contribution in [3.8, 4) is 11.1 Å². The quantitative estimate of drug-likeness (QED) is 0.141. The van der Waals surface area contributed by atoms with E-state index < -0.39 is 153 Å². The summed E-state index contributed by atoms with van der Waals surface area (Å²) in [4.78, 5) is 39.6. The van der Waals surface area contributed by atoms with Crippen LogP contribution in [0.3, 0.4) is 0 Å². The summed E-state index contributed by atoms with van der Waals surface area (Å²) in [5.41, 5.74) is 4.02. The van der Waals surface area contributed by atoms with Crippen LogP contribution in [-0.4, -0.2) is 180 Å². The predicted octanol–water partition coefficient (Wildman–Crippen LogP) is 4.38. The first kappa shape index (κ1) is 66.4. The number of esters is 2. The lowest BCUT2D eigenvalue weighted by Crippen LogP contribution is -2.64. The highest BCUT2D eigenvalue weighted by Crippen LogP contribution is 2.45. The lowest BCUT2D eigenvalue weighted by molar-refractivity contribution is -0.309. The van der Waals surface area contributed by atoms with Crippen molar-refractivity contribution in [3.63, 3.8) is 0 Å². The van der Waals surface area contributed by atoms with Crippen LogP contribution in [0.15, 0.2) is 134 Å². The number of rotatable bonds is 6. The zero-order valence-electron chi connectivity index (χ0n) is 47.7. The van der Waals surface area contributed by atoms with Gasteiger partial charge in [0.1, 0.15) is 30.8 Å². The van der Waals surface area contributed by atoms with E-state index in [9.17, 15) is 65.4 Å². The van der Waals surface area contributed by atoms with Crippen LogP contribution in [-0.2, 0) is 38.0 Å². The summed E-state index contributed by atoms with van der Waals surface area (Å²) >= 11 is 0. The SMILES string of the molecule is COC(=O)C1C(O)CC2(O)CC(O)CC(O)C(O)CCC(O)CC(O)CC(=O)OC(C)C(C)C(O)C(C)/C=C/C=C/C=C/C=C/C=C/C=C/C=C/C(OC3OC(C)C(O)C(NC(=O)OCC4c5ccccc5-c5ccccc54)C3O)CC1O2. The Labute approximate surface area is 485 Å². The summed E-state index contributed by atoms with van der Waals surface area (Å²) < 4.78 is 34.9. The Morgan fingerprint density at radius 1 is 0.639 bits per heavy atom. The fourth-order valence-electron chi connectivity index (χ4n) is 11.0. The maximum absolute atomic E-state index is 13.5. The van der Waals surface area contributed by atoms with Gasteiger partial charge in [-0.25, -0.2) is 4.79 Å². The van der Waals surface area contributed by atoms with Gasteiger partial charge in [-0.2, -0.15) is 0 Å². The molecule has 20 heteroatoms. The Balaban J connectivity index is 1.20. The lowest BCUT2D eigenvalue weighted by atomic mass is 9.82. The Morgan fingerprint density at radius 2 is 1.22 bits per heavy atom. The van der Waals surface area contributed by atoms with Crippen LogP contribution < -0.4 is 5.32 Å². The van der Waals surface area contributed by atoms with E-state index in [-0.39, 0.29) is 44.1 Å². The molecule has 19 unspecified atom stereocenters. The van der Waals surface area contributed by atoms with Crippen LogP contribution in [0.4, 0.5) is 4.79 Å². The number of cyclic esters (lactones) is 1. The normalized spacial score (nSPS) is 38.6. The van der Waals surface area contributed by atoms with E-state index in [1.807, 2.05) is 73.7 Å². The van der Waals surface area contributed by atoms with Crippen LogP contribution in [0, 0.1) is 17.8 Å². The third-order valence-corrected chi connectivity index (χ3v) is 15.8. The minimum absolute atomic E-state index is 0.0457. The summed E-state index contributed by atoms with van der Waals surface area (Å²) in [6.07, 6.45) is 1.72. The number of hydrogen-bond acceptors (Lipinski definition) is 19. The number of hydrogen-bond donors (Lipinski definition) is 11. The van der Waals surface area contributed by atoms with E-state index in [2.05, 4.69) is 5.32 Å². The Morgan fingerprint density at radius 3 is 1.82 bits per heavy atom. The number of aliphatic hydroxyl groups is 10. The molecule has 0 aromatic heterocycles. The maximum Gasteiger partial charge on any atom is 0.407 e. The summed E-state index contributed by atoms with van der Waals surface area (Å²) in [5, 5.41) is 114. The first-order valence-corrected chi connectivity index (χ1v) is 28.5. The number of aliphatic hydroxyl groups excluding tert-OH is 9. The van der Waals surface area contributed by atoms with Crippen LogP contribution in [0.25, 0.3) is 11.1 Å². The summed E-state index contributed by atoms with van der Waals surface area (Å²) in [6, 6.07) is 14.3. The number of ether oxygens (including phenoxy) is 6. The minimum atomic E-state index is -2.34. The average Bonchev–Trinajstić information content (AvgIpc) is 3.43. The van der Waals surface area contributed by atoms with Crippen molar-refractivity contribution in [2.24, 2.45) is 17.8 Å². The third-order valence-electron chi connectivity index (χ3n) is 15.8. The number of methoxy groups -OCH3 is 1. The molecule has 2 fully saturated rings. The standard InChI is InChI=1S/C63H85NO19/c1-37-22-16-14-12-10-8-6-7-9-11-13-15-17-23-44(82-61-59(74)56(58(73)40(4)81-61)64-62(76)79-36-49-47-26-20-18-24-45(47)46-25-19-21-27-48(46)49)33-53-55(60(75)78-5)52(70)35-63(77,83-53)34-43(67)31-51(69)50(68)29-28-41(65)30-42(66)32-54(71)80-39(3)38(2)57(37)72/h6-27,37-44,49-53,55-59,61,65-70,72-74,77H,28-36H2,1-5H3,(H,64,76)/b7-6+,10-8+,11-9+,14-12+,15-13+,22-16+,23-17+. The molecule has 6 rings (SSSR count). The molecule has 0 saturated carbocycles. The Hall–Kier alpha value is -5.69. The maximum atomic E-state index is 13.5. The van der Waals surface area contributed by atoms with Gasteiger partial charge in [-0.15, -0.1) is 0 Å². The molecule has 20 nitrogen and oxygen atoms in total. The zero-order valence-corrected chi connectivity index (χ0v) is 47.7. The molecule has 0 radical (unpaired) electrons. The Bertz CT molecular complexity index is 2570. The third kappa shape index (κ3) is 19.2. The second-order valence-electron chi connectivity index (χ2n) is 22.2. The van der Waals surface area contributed by atoms with Crippen molar-refractivity contribution < 1.29 is 93.9 Å². The first-order chi connectivity index (χ1) is 39.6. The monoisotopic (exact) mass is 1160 g/mol. The minimum Gasteiger partial charge on any atom is -0.469 e. The first-order valence-electron chi connectivity index (χ1n) is 28.5. The van der Waals surface area contributed by atoms with Gasteiger partial charge in [0.2, 0.25) is 0 Å². The number of carbonyl (C=O) groups excluding carboxylic acids is 3. The highest BCUT2D eigenvalue weighted by atomic mass is 16.7. The molecule has 83 heavy (non-hydrogen) atoms. The van der Waals surface area contributed by atoms with Crippen LogP contribution in [0.1, 0.15) is 96.1 Å². The van der Waals surface area contributed by atoms with Gasteiger partial charge in [-0.3, -0.25) is 9.59 Å². The molecule has 456 valence electrons. The van der Waals surface area contributed by atoms with Gasteiger partial charge in [0.15, 0.2) is 12.1 Å². The van der Waals surface area contributed by atoms with Gasteiger partial charge in [-0.05, 0) is 55.4 Å². The summed E-state index contributed by atoms with van der Waals surface area (Å²) in [6.45, 7) is 6.69. The second-order valence-corrected chi connectivity index (χ2v) is 22.2. The molecule has 3 aliphatic heterocycles. The van der Waals surface area contributed by atoms with Crippen molar-refractivity contribution in [2.45, 2.75) is 182 Å². The molecule has 11 N–H and O–H groups in total. The number of carbonyl (C=O) groups is 3. The van der Waals surface area contributed by atoms with Crippen molar-refractivity contribution in [3.05, 3.63) is 145 Å². The van der Waals surface area contributed by atoms with Crippen molar-refractivity contribution in [1.29, 1.82) is 0 Å². The molecule has 2 aromatic carbocycles. The van der Waals surface area contributed by atoms with Crippen LogP contribution >= 0.6 is 0 Å². The second kappa shape index (κ2) is 32.0. The molecule has 0 spiro atoms. The van der Waals surface area contributed by atoms with Gasteiger partial charge in [0.25, 0.3) is 0 Å². The molecule has 2 aromatic rings. The fourth-order valence-corrected chi connectivity index (χ4v) is 11.0. The number of benzene rings is 2. The van der Waals surface area contributed by atoms with E-state index in [1.54, 1.807) is 74.6 Å². The van der Waals surface area contributed by atoms with Crippen LogP contribution in [0.5, 0.6) is 0 Å². The molecule has 2 bridgehead atoms. The molecule has 2 saturated heterocycles. The zero-order chi connectivity index (χ0) is 60.4. The molecule has 3 heterocycles. The molecular formula is C63H85NO19. The number of allylic oxidation sites excluding steroid dienone is 12. The molecule has 1 aliphatic carbocycles. The number of alkyl carbamates (subject to hydrolysis) is 1. The number of fused-ring (bicyclic) bond motifs is 5. The smallest absolute Gasteiger partial charge is 0.407 e. The van der Waals surface area contributed by atoms with E-state index in [4.69, 9.17) is 28.4 Å². The molecule has 19 atom stereocenters. The van der Waals surface area contributed by atoms with Crippen molar-refractivity contribution >= 4 is 18.0 Å². The van der Waals surface area contributed by atoms with Gasteiger partial charge in [0.05, 0.1) is 80.6 Å². The average molecular weight is 1160 g/mol. The highest BCUT2D eigenvalue weighted by Gasteiger charge is 2.52. The van der Waals surface area contributed by atoms with E-state index in [0.717, 1.165) is 29.4 Å². The summed E-state index contributed by atoms with van der Waals surface area (Å²) in [7, 11) is 1.11. The molecule has 4 aliphatic rings. The molecular weight excluding hydrogens is 1070 g/mol. The Kier molecular flexibility index (Phi) is 25.6.